The van der Waals surface area contributed by atoms with Crippen LogP contribution in [0.5, 0.6) is 5.75 Å². The number of likely N-dealkylation sites (tertiary alicyclic amines) is 1. The van der Waals surface area contributed by atoms with Crippen molar-refractivity contribution in [2.75, 3.05) is 13.7 Å². The number of hydrogen-bond donors (Lipinski definition) is 0. The molecule has 0 bridgehead atoms. The Kier molecular flexibility index (Phi) is 3.90. The predicted octanol–water partition coefficient (Wildman–Crippen LogP) is 3.02. The quantitative estimate of drug-likeness (QED) is 0.804. The summed E-state index contributed by atoms with van der Waals surface area (Å²) in [5, 5.41) is 0. The molecule has 1 aromatic carbocycles. The minimum Gasteiger partial charge on any atom is -0.496 e. The molecule has 1 aliphatic heterocycles. The third kappa shape index (κ3) is 2.50. The number of carbonyl (C=O) groups excluding carboxylic acids is 1. The maximum atomic E-state index is 12.5. The maximum Gasteiger partial charge on any atom is 0.254 e. The summed E-state index contributed by atoms with van der Waals surface area (Å²) >= 11 is 0. The molecule has 98 valence electrons. The summed E-state index contributed by atoms with van der Waals surface area (Å²) in [7, 11) is 1.64. The van der Waals surface area contributed by atoms with Crippen molar-refractivity contribution in [2.24, 2.45) is 0 Å². The number of methoxy groups -OCH3 is 1. The molecular weight excluding hydrogens is 226 g/mol. The van der Waals surface area contributed by atoms with Gasteiger partial charge in [0.05, 0.1) is 7.11 Å². The first kappa shape index (κ1) is 12.9. The molecule has 0 spiro atoms. The minimum absolute atomic E-state index is 0.125. The zero-order valence-electron chi connectivity index (χ0n) is 11.4. The molecule has 0 aliphatic carbocycles. The molecule has 1 amide bonds. The van der Waals surface area contributed by atoms with Crippen molar-refractivity contribution in [3.05, 3.63) is 29.3 Å². The zero-order valence-corrected chi connectivity index (χ0v) is 11.4. The van der Waals surface area contributed by atoms with Gasteiger partial charge in [-0.25, -0.2) is 0 Å². The standard InChI is InChI=1S/C15H21NO2/c1-11-7-8-13(10-14(11)18-3)15(17)16-9-5-4-6-12(16)2/h7-8,10,12H,4-6,9H2,1-3H3. The lowest BCUT2D eigenvalue weighted by Crippen LogP contribution is -2.42. The zero-order chi connectivity index (χ0) is 13.1. The topological polar surface area (TPSA) is 29.5 Å². The van der Waals surface area contributed by atoms with Gasteiger partial charge >= 0.3 is 0 Å². The summed E-state index contributed by atoms with van der Waals surface area (Å²) in [4.78, 5) is 14.4. The highest BCUT2D eigenvalue weighted by atomic mass is 16.5. The van der Waals surface area contributed by atoms with Crippen molar-refractivity contribution in [3.63, 3.8) is 0 Å². The lowest BCUT2D eigenvalue weighted by Gasteiger charge is -2.33. The van der Waals surface area contributed by atoms with Crippen molar-refractivity contribution in [3.8, 4) is 5.75 Å². The Morgan fingerprint density at radius 3 is 2.83 bits per heavy atom. The van der Waals surface area contributed by atoms with Crippen LogP contribution in [0.3, 0.4) is 0 Å². The van der Waals surface area contributed by atoms with E-state index in [0.29, 0.717) is 6.04 Å². The van der Waals surface area contributed by atoms with Crippen LogP contribution in [0.2, 0.25) is 0 Å². The van der Waals surface area contributed by atoms with Gasteiger partial charge in [0.1, 0.15) is 5.75 Å². The first-order valence-electron chi connectivity index (χ1n) is 6.59. The lowest BCUT2D eigenvalue weighted by atomic mass is 10.0. The Hall–Kier alpha value is -1.51. The van der Waals surface area contributed by atoms with Gasteiger partial charge in [-0.2, -0.15) is 0 Å². The number of benzene rings is 1. The van der Waals surface area contributed by atoms with Crippen LogP contribution in [-0.2, 0) is 0 Å². The summed E-state index contributed by atoms with van der Waals surface area (Å²) in [6, 6.07) is 6.03. The van der Waals surface area contributed by atoms with Gasteiger partial charge in [-0.3, -0.25) is 4.79 Å². The Labute approximate surface area is 109 Å². The second-order valence-electron chi connectivity index (χ2n) is 5.03. The normalized spacial score (nSPS) is 19.7. The van der Waals surface area contributed by atoms with Crippen molar-refractivity contribution in [1.82, 2.24) is 4.90 Å². The molecule has 0 N–H and O–H groups in total. The second-order valence-corrected chi connectivity index (χ2v) is 5.03. The number of amides is 1. The Morgan fingerprint density at radius 1 is 1.39 bits per heavy atom. The SMILES string of the molecule is COc1cc(C(=O)N2CCCCC2C)ccc1C. The van der Waals surface area contributed by atoms with Crippen LogP contribution in [0, 0.1) is 6.92 Å². The van der Waals surface area contributed by atoms with Gasteiger partial charge in [0.2, 0.25) is 0 Å². The van der Waals surface area contributed by atoms with Gasteiger partial charge in [0.15, 0.2) is 0 Å². The molecule has 2 rings (SSSR count). The molecule has 3 nitrogen and oxygen atoms in total. The van der Waals surface area contributed by atoms with Gasteiger partial charge in [0, 0.05) is 18.2 Å². The summed E-state index contributed by atoms with van der Waals surface area (Å²) < 4.78 is 5.28. The van der Waals surface area contributed by atoms with E-state index >= 15 is 0 Å². The first-order valence-corrected chi connectivity index (χ1v) is 6.59. The van der Waals surface area contributed by atoms with Crippen LogP contribution in [-0.4, -0.2) is 30.5 Å². The van der Waals surface area contributed by atoms with Gasteiger partial charge in [-0.1, -0.05) is 6.07 Å². The van der Waals surface area contributed by atoms with E-state index in [1.807, 2.05) is 30.0 Å². The number of ether oxygens (including phenoxy) is 1. The average Bonchev–Trinajstić information content (AvgIpc) is 2.39. The van der Waals surface area contributed by atoms with Gasteiger partial charge in [0.25, 0.3) is 5.91 Å². The summed E-state index contributed by atoms with van der Waals surface area (Å²) in [5.74, 6) is 0.908. The molecule has 1 heterocycles. The number of carbonyl (C=O) groups is 1. The van der Waals surface area contributed by atoms with Crippen LogP contribution in [0.4, 0.5) is 0 Å². The smallest absolute Gasteiger partial charge is 0.254 e. The summed E-state index contributed by atoms with van der Waals surface area (Å²) in [6.07, 6.45) is 3.44. The van der Waals surface area contributed by atoms with E-state index in [4.69, 9.17) is 4.74 Å². The van der Waals surface area contributed by atoms with Crippen LogP contribution in [0.15, 0.2) is 18.2 Å². The molecular formula is C15H21NO2. The highest BCUT2D eigenvalue weighted by Crippen LogP contribution is 2.23. The third-order valence-corrected chi connectivity index (χ3v) is 3.72. The molecule has 1 aliphatic rings. The fourth-order valence-electron chi connectivity index (χ4n) is 2.52. The van der Waals surface area contributed by atoms with E-state index < -0.39 is 0 Å². The number of aryl methyl sites for hydroxylation is 1. The third-order valence-electron chi connectivity index (χ3n) is 3.72. The van der Waals surface area contributed by atoms with Crippen LogP contribution in [0.25, 0.3) is 0 Å². The number of piperidine rings is 1. The monoisotopic (exact) mass is 247 g/mol. The minimum atomic E-state index is 0.125. The Morgan fingerprint density at radius 2 is 2.17 bits per heavy atom. The average molecular weight is 247 g/mol. The van der Waals surface area contributed by atoms with E-state index in [0.717, 1.165) is 36.3 Å². The van der Waals surface area contributed by atoms with Gasteiger partial charge < -0.3 is 9.64 Å². The van der Waals surface area contributed by atoms with Gasteiger partial charge in [-0.15, -0.1) is 0 Å². The van der Waals surface area contributed by atoms with E-state index in [1.165, 1.54) is 6.42 Å². The van der Waals surface area contributed by atoms with E-state index in [2.05, 4.69) is 6.92 Å². The predicted molar refractivity (Wildman–Crippen MR) is 72.1 cm³/mol. The highest BCUT2D eigenvalue weighted by molar-refractivity contribution is 5.95. The van der Waals surface area contributed by atoms with Crippen molar-refractivity contribution < 1.29 is 9.53 Å². The van der Waals surface area contributed by atoms with E-state index in [-0.39, 0.29) is 5.91 Å². The molecule has 0 radical (unpaired) electrons. The van der Waals surface area contributed by atoms with Crippen LogP contribution >= 0.6 is 0 Å². The summed E-state index contributed by atoms with van der Waals surface area (Å²) in [6.45, 7) is 4.98. The Balaban J connectivity index is 2.22. The highest BCUT2D eigenvalue weighted by Gasteiger charge is 2.24. The molecule has 1 fully saturated rings. The molecule has 18 heavy (non-hydrogen) atoms. The summed E-state index contributed by atoms with van der Waals surface area (Å²) in [5.41, 5.74) is 1.78. The molecule has 1 unspecified atom stereocenters. The second kappa shape index (κ2) is 5.42. The van der Waals surface area contributed by atoms with Crippen LogP contribution in [0.1, 0.15) is 42.1 Å². The first-order chi connectivity index (χ1) is 8.63. The van der Waals surface area contributed by atoms with Crippen LogP contribution < -0.4 is 4.74 Å². The largest absolute Gasteiger partial charge is 0.496 e. The molecule has 1 atom stereocenters. The van der Waals surface area contributed by atoms with Gasteiger partial charge in [-0.05, 0) is 50.8 Å². The molecule has 1 aromatic rings. The molecule has 1 saturated heterocycles. The Bertz CT molecular complexity index is 442. The molecule has 0 aromatic heterocycles. The number of hydrogen-bond acceptors (Lipinski definition) is 2. The number of rotatable bonds is 2. The maximum absolute atomic E-state index is 12.5. The lowest BCUT2D eigenvalue weighted by molar-refractivity contribution is 0.0635. The van der Waals surface area contributed by atoms with E-state index in [9.17, 15) is 4.79 Å². The van der Waals surface area contributed by atoms with E-state index in [1.54, 1.807) is 7.11 Å². The van der Waals surface area contributed by atoms with Crippen molar-refractivity contribution in [2.45, 2.75) is 39.2 Å². The van der Waals surface area contributed by atoms with Crippen molar-refractivity contribution in [1.29, 1.82) is 0 Å². The molecule has 3 heteroatoms. The van der Waals surface area contributed by atoms with Crippen molar-refractivity contribution >= 4 is 5.91 Å². The fourth-order valence-corrected chi connectivity index (χ4v) is 2.52. The number of nitrogens with zero attached hydrogens (tertiary/aromatic N) is 1. The fraction of sp³-hybridized carbons (Fsp3) is 0.533. The molecule has 0 saturated carbocycles.